The van der Waals surface area contributed by atoms with Gasteiger partial charge in [-0.2, -0.15) is 5.10 Å². The van der Waals surface area contributed by atoms with Gasteiger partial charge in [-0.3, -0.25) is 14.5 Å². The Bertz CT molecular complexity index is 728. The molecule has 1 saturated heterocycles. The predicted molar refractivity (Wildman–Crippen MR) is 91.0 cm³/mol. The lowest BCUT2D eigenvalue weighted by molar-refractivity contribution is -0.0247. The number of nitrogens with zero attached hydrogens (tertiary/aromatic N) is 4. The van der Waals surface area contributed by atoms with Crippen molar-refractivity contribution in [2.45, 2.75) is 26.5 Å². The maximum atomic E-state index is 12.7. The third-order valence-electron chi connectivity index (χ3n) is 4.15. The first-order valence-electron chi connectivity index (χ1n) is 8.20. The molecule has 0 saturated carbocycles. The van der Waals surface area contributed by atoms with Gasteiger partial charge >= 0.3 is 0 Å². The van der Waals surface area contributed by atoms with Crippen LogP contribution in [0.15, 0.2) is 24.5 Å². The number of carbonyl (C=O) groups is 1. The number of nitrogens with one attached hydrogen (secondary N) is 1. The van der Waals surface area contributed by atoms with Crippen LogP contribution in [0.5, 0.6) is 0 Å². The summed E-state index contributed by atoms with van der Waals surface area (Å²) < 4.78 is 7.61. The summed E-state index contributed by atoms with van der Waals surface area (Å²) in [6.45, 7) is 6.28. The minimum absolute atomic E-state index is 0.00973. The van der Waals surface area contributed by atoms with E-state index in [9.17, 15) is 4.79 Å². The van der Waals surface area contributed by atoms with Crippen LogP contribution in [-0.2, 0) is 11.3 Å². The lowest BCUT2D eigenvalue weighted by Gasteiger charge is -2.32. The summed E-state index contributed by atoms with van der Waals surface area (Å²) in [5.74, 6) is -0.00973. The summed E-state index contributed by atoms with van der Waals surface area (Å²) >= 11 is 0. The lowest BCUT2D eigenvalue weighted by Crippen LogP contribution is -2.42. The number of hydrogen-bond acceptors (Lipinski definition) is 5. The van der Waals surface area contributed by atoms with Crippen LogP contribution in [-0.4, -0.2) is 52.3 Å². The van der Waals surface area contributed by atoms with Gasteiger partial charge < -0.3 is 15.0 Å². The second-order valence-corrected chi connectivity index (χ2v) is 5.87. The van der Waals surface area contributed by atoms with Crippen LogP contribution in [0.1, 0.15) is 34.8 Å². The van der Waals surface area contributed by atoms with Gasteiger partial charge in [-0.15, -0.1) is 0 Å². The van der Waals surface area contributed by atoms with E-state index in [2.05, 4.69) is 15.4 Å². The van der Waals surface area contributed by atoms with E-state index < -0.39 is 0 Å². The van der Waals surface area contributed by atoms with Crippen LogP contribution in [0.25, 0.3) is 0 Å². The Balaban J connectivity index is 1.76. The molecule has 3 rings (SSSR count). The molecular formula is C17H23N5O2. The van der Waals surface area contributed by atoms with Crippen molar-refractivity contribution in [1.82, 2.24) is 19.7 Å². The van der Waals surface area contributed by atoms with E-state index in [4.69, 9.17) is 4.74 Å². The Hall–Kier alpha value is -2.41. The number of aryl methyl sites for hydroxylation is 2. The third-order valence-corrected chi connectivity index (χ3v) is 4.15. The van der Waals surface area contributed by atoms with Gasteiger partial charge in [0, 0.05) is 37.7 Å². The molecule has 0 unspecified atom stereocenters. The summed E-state index contributed by atoms with van der Waals surface area (Å²) in [6, 6.07) is 3.95. The fourth-order valence-corrected chi connectivity index (χ4v) is 2.85. The number of ether oxygens (including phenoxy) is 1. The topological polar surface area (TPSA) is 72.3 Å². The highest BCUT2D eigenvalue weighted by atomic mass is 16.5. The maximum Gasteiger partial charge on any atom is 0.257 e. The molecule has 128 valence electrons. The fraction of sp³-hybridized carbons (Fsp3) is 0.471. The van der Waals surface area contributed by atoms with Gasteiger partial charge in [0.15, 0.2) is 0 Å². The molecule has 0 radical (unpaired) electrons. The number of morpholine rings is 1. The van der Waals surface area contributed by atoms with E-state index in [0.29, 0.717) is 25.3 Å². The maximum absolute atomic E-state index is 12.7. The first-order valence-corrected chi connectivity index (χ1v) is 8.20. The molecule has 24 heavy (non-hydrogen) atoms. The first-order chi connectivity index (χ1) is 11.6. The molecule has 7 heteroatoms. The van der Waals surface area contributed by atoms with Crippen LogP contribution in [0, 0.1) is 6.92 Å². The molecule has 1 aliphatic rings. The zero-order chi connectivity index (χ0) is 17.1. The summed E-state index contributed by atoms with van der Waals surface area (Å²) in [6.07, 6.45) is 3.20. The van der Waals surface area contributed by atoms with Gasteiger partial charge in [0.05, 0.1) is 30.6 Å². The average molecular weight is 329 g/mol. The zero-order valence-corrected chi connectivity index (χ0v) is 14.3. The molecule has 1 aliphatic heterocycles. The van der Waals surface area contributed by atoms with Gasteiger partial charge in [0.1, 0.15) is 6.10 Å². The number of aromatic nitrogens is 3. The summed E-state index contributed by atoms with van der Waals surface area (Å²) in [4.78, 5) is 19.1. The molecule has 0 spiro atoms. The molecule has 1 N–H and O–H groups in total. The summed E-state index contributed by atoms with van der Waals surface area (Å²) in [5, 5.41) is 7.31. The third kappa shape index (κ3) is 3.41. The number of amides is 1. The molecule has 1 atom stereocenters. The molecule has 0 bridgehead atoms. The largest absolute Gasteiger partial charge is 0.388 e. The van der Waals surface area contributed by atoms with E-state index in [1.807, 2.05) is 37.9 Å². The lowest BCUT2D eigenvalue weighted by atomic mass is 10.1. The van der Waals surface area contributed by atoms with Crippen molar-refractivity contribution in [3.8, 4) is 0 Å². The van der Waals surface area contributed by atoms with Gasteiger partial charge in [0.2, 0.25) is 0 Å². The Labute approximate surface area is 141 Å². The van der Waals surface area contributed by atoms with E-state index in [0.717, 1.165) is 23.6 Å². The van der Waals surface area contributed by atoms with E-state index in [1.165, 1.54) is 0 Å². The number of pyridine rings is 1. The number of anilines is 1. The minimum Gasteiger partial charge on any atom is -0.388 e. The van der Waals surface area contributed by atoms with Crippen LogP contribution >= 0.6 is 0 Å². The van der Waals surface area contributed by atoms with Gasteiger partial charge in [-0.05, 0) is 26.0 Å². The highest BCUT2D eigenvalue weighted by Crippen LogP contribution is 2.24. The zero-order valence-electron chi connectivity index (χ0n) is 14.3. The van der Waals surface area contributed by atoms with Crippen molar-refractivity contribution < 1.29 is 9.53 Å². The second kappa shape index (κ2) is 7.00. The summed E-state index contributed by atoms with van der Waals surface area (Å²) in [5.41, 5.74) is 3.38. The Morgan fingerprint density at radius 2 is 2.29 bits per heavy atom. The SMILES string of the molecule is CCn1cc(C(=O)N2CCO[C@H](c3cc(NC)cc(C)n3)C2)cn1. The normalized spacial score (nSPS) is 17.8. The van der Waals surface area contributed by atoms with Crippen molar-refractivity contribution in [1.29, 1.82) is 0 Å². The predicted octanol–water partition coefficient (Wildman–Crippen LogP) is 1.86. The van der Waals surface area contributed by atoms with Crippen LogP contribution in [0.3, 0.4) is 0 Å². The number of hydrogen-bond donors (Lipinski definition) is 1. The molecule has 2 aromatic rings. The Kier molecular flexibility index (Phi) is 4.80. The molecule has 2 aromatic heterocycles. The molecule has 1 amide bonds. The van der Waals surface area contributed by atoms with E-state index in [-0.39, 0.29) is 12.0 Å². The minimum atomic E-state index is -0.212. The number of carbonyl (C=O) groups excluding carboxylic acids is 1. The first kappa shape index (κ1) is 16.4. The van der Waals surface area contributed by atoms with E-state index >= 15 is 0 Å². The summed E-state index contributed by atoms with van der Waals surface area (Å²) in [7, 11) is 1.88. The molecule has 7 nitrogen and oxygen atoms in total. The molecule has 3 heterocycles. The van der Waals surface area contributed by atoms with Crippen molar-refractivity contribution in [2.24, 2.45) is 0 Å². The average Bonchev–Trinajstić information content (AvgIpc) is 3.09. The monoisotopic (exact) mass is 329 g/mol. The standard InChI is InChI=1S/C17H23N5O2/c1-4-22-10-13(9-19-22)17(23)21-5-6-24-16(11-21)15-8-14(18-3)7-12(2)20-15/h7-10,16H,4-6,11H2,1-3H3,(H,18,20)/t16-/m0/s1. The van der Waals surface area contributed by atoms with Crippen molar-refractivity contribution >= 4 is 11.6 Å². The smallest absolute Gasteiger partial charge is 0.257 e. The van der Waals surface area contributed by atoms with Crippen LogP contribution in [0.2, 0.25) is 0 Å². The molecule has 1 fully saturated rings. The molecule has 0 aromatic carbocycles. The van der Waals surface area contributed by atoms with Crippen LogP contribution in [0.4, 0.5) is 5.69 Å². The Morgan fingerprint density at radius 3 is 3.00 bits per heavy atom. The Morgan fingerprint density at radius 1 is 1.46 bits per heavy atom. The highest BCUT2D eigenvalue weighted by molar-refractivity contribution is 5.93. The van der Waals surface area contributed by atoms with E-state index in [1.54, 1.807) is 17.1 Å². The van der Waals surface area contributed by atoms with Crippen molar-refractivity contribution in [3.63, 3.8) is 0 Å². The van der Waals surface area contributed by atoms with Crippen LogP contribution < -0.4 is 5.32 Å². The highest BCUT2D eigenvalue weighted by Gasteiger charge is 2.28. The molecular weight excluding hydrogens is 306 g/mol. The van der Waals surface area contributed by atoms with Gasteiger partial charge in [0.25, 0.3) is 5.91 Å². The molecule has 0 aliphatic carbocycles. The second-order valence-electron chi connectivity index (χ2n) is 5.87. The fourth-order valence-electron chi connectivity index (χ4n) is 2.85. The van der Waals surface area contributed by atoms with Crippen molar-refractivity contribution in [2.75, 3.05) is 32.1 Å². The van der Waals surface area contributed by atoms with Gasteiger partial charge in [-0.1, -0.05) is 0 Å². The quantitative estimate of drug-likeness (QED) is 0.927. The van der Waals surface area contributed by atoms with Crippen molar-refractivity contribution in [3.05, 3.63) is 41.5 Å². The number of rotatable bonds is 4. The van der Waals surface area contributed by atoms with Gasteiger partial charge in [-0.25, -0.2) is 0 Å².